The molecule has 1 rings (SSSR count). The summed E-state index contributed by atoms with van der Waals surface area (Å²) in [7, 11) is 0. The summed E-state index contributed by atoms with van der Waals surface area (Å²) in [4.78, 5) is 0. The van der Waals surface area contributed by atoms with Crippen LogP contribution in [0.4, 0.5) is 0 Å². The van der Waals surface area contributed by atoms with Crippen LogP contribution in [0, 0.1) is 0 Å². The Hall–Kier alpha value is -0.790. The van der Waals surface area contributed by atoms with Crippen molar-refractivity contribution < 1.29 is 4.57 Å². The molecule has 0 bridgehead atoms. The Kier molecular flexibility index (Phi) is 19.2. The van der Waals surface area contributed by atoms with Crippen molar-refractivity contribution in [3.8, 4) is 0 Å². The Morgan fingerprint density at radius 2 is 1.00 bits per heavy atom. The molecule has 0 unspecified atom stereocenters. The number of aromatic nitrogens is 2. The number of rotatable bonds is 23. The van der Waals surface area contributed by atoms with E-state index in [-0.39, 0.29) is 0 Å². The summed E-state index contributed by atoms with van der Waals surface area (Å²) >= 11 is 0. The maximum absolute atomic E-state index is 2.58. The van der Waals surface area contributed by atoms with Gasteiger partial charge >= 0.3 is 0 Å². The Morgan fingerprint density at radius 3 is 1.52 bits per heavy atom. The van der Waals surface area contributed by atoms with Crippen LogP contribution in [-0.2, 0) is 19.5 Å². The predicted octanol–water partition coefficient (Wildman–Crippen LogP) is 9.18. The van der Waals surface area contributed by atoms with Crippen LogP contribution in [0.1, 0.15) is 155 Å². The molecule has 2 nitrogen and oxygen atoms in total. The first-order valence-electron chi connectivity index (χ1n) is 14.4. The fraction of sp³-hybridized carbons (Fsp3) is 0.897. The average Bonchev–Trinajstić information content (AvgIpc) is 3.16. The highest BCUT2D eigenvalue weighted by molar-refractivity contribution is 4.84. The highest BCUT2D eigenvalue weighted by Gasteiger charge is 2.16. The minimum atomic E-state index is 1.20. The largest absolute Gasteiger partial charge is 0.256 e. The van der Waals surface area contributed by atoms with Crippen molar-refractivity contribution in [3.05, 3.63) is 18.2 Å². The third kappa shape index (κ3) is 14.8. The second-order valence-electron chi connectivity index (χ2n) is 9.86. The minimum Gasteiger partial charge on any atom is -0.234 e. The molecule has 0 amide bonds. The van der Waals surface area contributed by atoms with Gasteiger partial charge in [0.05, 0.1) is 13.1 Å². The molecular weight excluding hydrogens is 376 g/mol. The van der Waals surface area contributed by atoms with Crippen LogP contribution in [0.2, 0.25) is 0 Å². The number of nitrogens with zero attached hydrogens (tertiary/aromatic N) is 2. The lowest BCUT2D eigenvalue weighted by atomic mass is 10.0. The number of hydrogen-bond donors (Lipinski definition) is 0. The normalized spacial score (nSPS) is 11.5. The average molecular weight is 434 g/mol. The number of unbranched alkanes of at least 4 members (excludes halogenated alkanes) is 17. The molecule has 1 aromatic heterocycles. The van der Waals surface area contributed by atoms with Gasteiger partial charge in [0, 0.05) is 6.42 Å². The van der Waals surface area contributed by atoms with Crippen molar-refractivity contribution in [2.45, 2.75) is 169 Å². The standard InChI is InChI=1S/C29H57N2/c1-4-7-10-12-13-14-15-16-17-18-19-21-23-26-31-28-27-30(25-9-6-3)29(31)24-22-20-11-8-5-2/h27-28H,4-26H2,1-3H3/q+1. The van der Waals surface area contributed by atoms with E-state index in [2.05, 4.69) is 42.3 Å². The Labute approximate surface area is 196 Å². The summed E-state index contributed by atoms with van der Waals surface area (Å²) in [5, 5.41) is 0. The highest BCUT2D eigenvalue weighted by Crippen LogP contribution is 2.13. The monoisotopic (exact) mass is 433 g/mol. The molecule has 0 aromatic carbocycles. The summed E-state index contributed by atoms with van der Waals surface area (Å²) in [6, 6.07) is 0. The molecule has 31 heavy (non-hydrogen) atoms. The van der Waals surface area contributed by atoms with Gasteiger partial charge in [0.1, 0.15) is 12.4 Å². The summed E-state index contributed by atoms with van der Waals surface area (Å²) in [5.74, 6) is 1.59. The molecule has 0 radical (unpaired) electrons. The molecule has 182 valence electrons. The first-order valence-corrected chi connectivity index (χ1v) is 14.4. The van der Waals surface area contributed by atoms with Gasteiger partial charge in [0.15, 0.2) is 0 Å². The lowest BCUT2D eigenvalue weighted by Gasteiger charge is -2.06. The number of hydrogen-bond acceptors (Lipinski definition) is 0. The van der Waals surface area contributed by atoms with Crippen LogP contribution in [0.5, 0.6) is 0 Å². The van der Waals surface area contributed by atoms with E-state index >= 15 is 0 Å². The maximum Gasteiger partial charge on any atom is 0.256 e. The van der Waals surface area contributed by atoms with Crippen molar-refractivity contribution in [2.75, 3.05) is 0 Å². The lowest BCUT2D eigenvalue weighted by Crippen LogP contribution is -2.37. The van der Waals surface area contributed by atoms with Crippen molar-refractivity contribution >= 4 is 0 Å². The first kappa shape index (κ1) is 28.2. The van der Waals surface area contributed by atoms with Gasteiger partial charge in [-0.05, 0) is 25.7 Å². The Bertz CT molecular complexity index is 491. The molecule has 0 spiro atoms. The second kappa shape index (κ2) is 21.1. The van der Waals surface area contributed by atoms with Crippen LogP contribution in [-0.4, -0.2) is 4.57 Å². The van der Waals surface area contributed by atoms with Gasteiger partial charge in [-0.1, -0.05) is 124 Å². The zero-order valence-electron chi connectivity index (χ0n) is 21.8. The van der Waals surface area contributed by atoms with Crippen LogP contribution < -0.4 is 4.57 Å². The van der Waals surface area contributed by atoms with Crippen LogP contribution in [0.15, 0.2) is 12.4 Å². The molecule has 1 heterocycles. The molecular formula is C29H57N2+. The molecule has 2 heteroatoms. The summed E-state index contributed by atoms with van der Waals surface area (Å²) in [5.41, 5.74) is 0. The van der Waals surface area contributed by atoms with Gasteiger partial charge in [0.2, 0.25) is 0 Å². The van der Waals surface area contributed by atoms with Gasteiger partial charge in [-0.3, -0.25) is 0 Å². The molecule has 0 saturated carbocycles. The molecule has 0 aliphatic heterocycles. The minimum absolute atomic E-state index is 1.20. The maximum atomic E-state index is 2.58. The third-order valence-corrected chi connectivity index (χ3v) is 6.85. The highest BCUT2D eigenvalue weighted by atomic mass is 15.1. The molecule has 1 aromatic rings. The van der Waals surface area contributed by atoms with E-state index < -0.39 is 0 Å². The van der Waals surface area contributed by atoms with Gasteiger partial charge in [-0.2, -0.15) is 0 Å². The molecule has 0 aliphatic carbocycles. The smallest absolute Gasteiger partial charge is 0.234 e. The molecule has 0 saturated heterocycles. The topological polar surface area (TPSA) is 8.81 Å². The molecule has 0 aliphatic rings. The zero-order valence-corrected chi connectivity index (χ0v) is 21.8. The van der Waals surface area contributed by atoms with E-state index in [1.54, 1.807) is 5.82 Å². The van der Waals surface area contributed by atoms with Gasteiger partial charge in [-0.15, -0.1) is 0 Å². The van der Waals surface area contributed by atoms with Crippen molar-refractivity contribution in [1.82, 2.24) is 4.57 Å². The quantitative estimate of drug-likeness (QED) is 0.120. The Morgan fingerprint density at radius 1 is 0.548 bits per heavy atom. The van der Waals surface area contributed by atoms with E-state index in [9.17, 15) is 0 Å². The first-order chi connectivity index (χ1) is 15.3. The van der Waals surface area contributed by atoms with E-state index in [4.69, 9.17) is 0 Å². The van der Waals surface area contributed by atoms with Crippen LogP contribution in [0.25, 0.3) is 0 Å². The van der Waals surface area contributed by atoms with Gasteiger partial charge in [0.25, 0.3) is 5.82 Å². The van der Waals surface area contributed by atoms with E-state index in [1.165, 1.54) is 148 Å². The van der Waals surface area contributed by atoms with Crippen LogP contribution in [0.3, 0.4) is 0 Å². The van der Waals surface area contributed by atoms with Crippen molar-refractivity contribution in [3.63, 3.8) is 0 Å². The molecule has 0 fully saturated rings. The number of imidazole rings is 1. The zero-order chi connectivity index (χ0) is 22.4. The van der Waals surface area contributed by atoms with Gasteiger partial charge < -0.3 is 0 Å². The molecule has 0 atom stereocenters. The van der Waals surface area contributed by atoms with Crippen LogP contribution >= 0.6 is 0 Å². The fourth-order valence-corrected chi connectivity index (χ4v) is 4.71. The SMILES string of the molecule is CCCCCCCCCCCCCCC[n+]1ccn(CCCC)c1CCCCCCC. The molecule has 0 N–H and O–H groups in total. The Balaban J connectivity index is 2.15. The van der Waals surface area contributed by atoms with Gasteiger partial charge in [-0.25, -0.2) is 9.13 Å². The number of aryl methyl sites for hydroxylation is 2. The summed E-state index contributed by atoms with van der Waals surface area (Å²) in [6.07, 6.45) is 34.1. The second-order valence-corrected chi connectivity index (χ2v) is 9.86. The summed E-state index contributed by atoms with van der Waals surface area (Å²) < 4.78 is 5.12. The van der Waals surface area contributed by atoms with E-state index in [0.717, 1.165) is 0 Å². The predicted molar refractivity (Wildman–Crippen MR) is 138 cm³/mol. The van der Waals surface area contributed by atoms with Crippen molar-refractivity contribution in [1.29, 1.82) is 0 Å². The van der Waals surface area contributed by atoms with E-state index in [0.29, 0.717) is 0 Å². The van der Waals surface area contributed by atoms with Crippen molar-refractivity contribution in [2.24, 2.45) is 0 Å². The van der Waals surface area contributed by atoms with E-state index in [1.807, 2.05) is 0 Å². The fourth-order valence-electron chi connectivity index (χ4n) is 4.71. The summed E-state index contributed by atoms with van der Waals surface area (Å²) in [6.45, 7) is 9.33. The third-order valence-electron chi connectivity index (χ3n) is 6.85. The lowest BCUT2D eigenvalue weighted by molar-refractivity contribution is -0.704.